The van der Waals surface area contributed by atoms with Crippen molar-refractivity contribution in [2.75, 3.05) is 23.7 Å². The number of sulfone groups is 1. The summed E-state index contributed by atoms with van der Waals surface area (Å²) in [7, 11) is -3.82. The van der Waals surface area contributed by atoms with Gasteiger partial charge in [0, 0.05) is 22.2 Å². The molecule has 226 valence electrons. The lowest BCUT2D eigenvalue weighted by Gasteiger charge is -2.32. The maximum atomic E-state index is 14.2. The Labute approximate surface area is 258 Å². The van der Waals surface area contributed by atoms with Gasteiger partial charge in [-0.2, -0.15) is 5.10 Å². The summed E-state index contributed by atoms with van der Waals surface area (Å²) in [6.07, 6.45) is 1.40. The van der Waals surface area contributed by atoms with E-state index in [-0.39, 0.29) is 16.2 Å². The highest BCUT2D eigenvalue weighted by Gasteiger charge is 2.38. The van der Waals surface area contributed by atoms with E-state index in [1.807, 2.05) is 43.3 Å². The predicted octanol–water partition coefficient (Wildman–Crippen LogP) is 7.29. The number of carbonyl (C=O) groups excluding carboxylic acids is 1. The van der Waals surface area contributed by atoms with E-state index >= 15 is 0 Å². The van der Waals surface area contributed by atoms with E-state index in [2.05, 4.69) is 36.7 Å². The molecule has 0 radical (unpaired) electrons. The Hall–Kier alpha value is -3.66. The van der Waals surface area contributed by atoms with Crippen molar-refractivity contribution >= 4 is 39.0 Å². The largest absolute Gasteiger partial charge is 0.324 e. The zero-order valence-electron chi connectivity index (χ0n) is 24.9. The van der Waals surface area contributed by atoms with Crippen LogP contribution in [0.15, 0.2) is 83.8 Å². The van der Waals surface area contributed by atoms with Crippen LogP contribution < -0.4 is 16.0 Å². The summed E-state index contributed by atoms with van der Waals surface area (Å²) in [6.45, 7) is 9.67. The van der Waals surface area contributed by atoms with Crippen LogP contribution in [-0.2, 0) is 15.3 Å². The van der Waals surface area contributed by atoms with Gasteiger partial charge >= 0.3 is 6.03 Å². The van der Waals surface area contributed by atoms with Gasteiger partial charge in [-0.3, -0.25) is 5.32 Å². The first-order chi connectivity index (χ1) is 20.4. The summed E-state index contributed by atoms with van der Waals surface area (Å²) in [5.74, 6) is 0.373. The number of urea groups is 1. The first-order valence-corrected chi connectivity index (χ1v) is 16.4. The molecule has 2 amide bonds. The monoisotopic (exact) mass is 619 g/mol. The molecule has 0 saturated carbocycles. The first-order valence-electron chi connectivity index (χ1n) is 14.5. The van der Waals surface area contributed by atoms with Crippen LogP contribution in [0.2, 0.25) is 5.02 Å². The summed E-state index contributed by atoms with van der Waals surface area (Å²) in [5.41, 5.74) is 3.52. The number of nitrogens with one attached hydrogen (secondary N) is 3. The number of aromatic nitrogens is 2. The van der Waals surface area contributed by atoms with E-state index < -0.39 is 21.1 Å². The predicted molar refractivity (Wildman–Crippen MR) is 173 cm³/mol. The first kappa shape index (κ1) is 30.8. The molecule has 43 heavy (non-hydrogen) atoms. The number of anilines is 2. The number of carbonyl (C=O) groups is 1. The minimum Gasteiger partial charge on any atom is -0.317 e. The van der Waals surface area contributed by atoms with Crippen LogP contribution in [-0.4, -0.2) is 37.3 Å². The van der Waals surface area contributed by atoms with E-state index in [9.17, 15) is 13.2 Å². The fourth-order valence-electron chi connectivity index (χ4n) is 5.44. The van der Waals surface area contributed by atoms with Crippen LogP contribution >= 0.6 is 11.6 Å². The van der Waals surface area contributed by atoms with Crippen molar-refractivity contribution in [1.82, 2.24) is 15.1 Å². The van der Waals surface area contributed by atoms with Crippen LogP contribution in [0.4, 0.5) is 16.3 Å². The highest BCUT2D eigenvalue weighted by molar-refractivity contribution is 7.91. The molecule has 1 saturated heterocycles. The van der Waals surface area contributed by atoms with Gasteiger partial charge in [-0.1, -0.05) is 68.3 Å². The lowest BCUT2D eigenvalue weighted by molar-refractivity contribution is 0.262. The second-order valence-electron chi connectivity index (χ2n) is 12.1. The van der Waals surface area contributed by atoms with Gasteiger partial charge in [-0.05, 0) is 86.8 Å². The van der Waals surface area contributed by atoms with Crippen LogP contribution in [0.5, 0.6) is 0 Å². The lowest BCUT2D eigenvalue weighted by Crippen LogP contribution is -2.34. The van der Waals surface area contributed by atoms with Gasteiger partial charge in [0.2, 0.25) is 0 Å². The van der Waals surface area contributed by atoms with E-state index in [0.717, 1.165) is 30.0 Å². The van der Waals surface area contributed by atoms with Crippen molar-refractivity contribution in [2.24, 2.45) is 5.92 Å². The third-order valence-corrected chi connectivity index (χ3v) is 10.3. The topological polar surface area (TPSA) is 105 Å². The number of rotatable bonds is 7. The molecule has 0 bridgehead atoms. The van der Waals surface area contributed by atoms with Gasteiger partial charge < -0.3 is 10.6 Å². The quantitative estimate of drug-likeness (QED) is 0.201. The van der Waals surface area contributed by atoms with Gasteiger partial charge in [-0.15, -0.1) is 0 Å². The standard InChI is InChI=1S/C33H38ClN5O3S/c1-22-9-13-25(14-10-22)39-30(21-29(38-39)33(2,3)4)37-32(40)36-28-8-6-5-7-27(28)31(23-17-19-35-20-18-23)43(41,42)26-15-11-24(34)12-16-26/h5-16,21,23,31,35H,17-20H2,1-4H3,(H2,36,37,40). The van der Waals surface area contributed by atoms with Crippen molar-refractivity contribution < 1.29 is 13.2 Å². The van der Waals surface area contributed by atoms with Crippen molar-refractivity contribution in [1.29, 1.82) is 0 Å². The van der Waals surface area contributed by atoms with Crippen LogP contribution in [0, 0.1) is 12.8 Å². The summed E-state index contributed by atoms with van der Waals surface area (Å²) >= 11 is 6.08. The van der Waals surface area contributed by atoms with E-state index in [0.29, 0.717) is 34.9 Å². The molecule has 5 rings (SSSR count). The molecule has 4 aromatic rings. The minimum absolute atomic E-state index is 0.134. The van der Waals surface area contributed by atoms with Crippen molar-refractivity contribution in [2.45, 2.75) is 56.1 Å². The molecule has 1 aliphatic heterocycles. The normalized spacial score (nSPS) is 15.2. The van der Waals surface area contributed by atoms with Gasteiger partial charge in [0.1, 0.15) is 5.82 Å². The number of amides is 2. The highest BCUT2D eigenvalue weighted by Crippen LogP contribution is 2.42. The van der Waals surface area contributed by atoms with Crippen LogP contribution in [0.25, 0.3) is 5.69 Å². The number of hydrogen-bond donors (Lipinski definition) is 3. The molecule has 3 N–H and O–H groups in total. The Morgan fingerprint density at radius 2 is 1.63 bits per heavy atom. The zero-order chi connectivity index (χ0) is 30.8. The maximum Gasteiger partial charge on any atom is 0.324 e. The van der Waals surface area contributed by atoms with E-state index in [1.54, 1.807) is 47.1 Å². The lowest BCUT2D eigenvalue weighted by atomic mass is 9.89. The van der Waals surface area contributed by atoms with Crippen LogP contribution in [0.1, 0.15) is 55.7 Å². The molecule has 1 unspecified atom stereocenters. The molecule has 3 aromatic carbocycles. The molecule has 0 spiro atoms. The molecule has 1 aliphatic rings. The molecule has 0 aliphatic carbocycles. The molecule has 10 heteroatoms. The zero-order valence-corrected chi connectivity index (χ0v) is 26.5. The number of benzene rings is 3. The van der Waals surface area contributed by atoms with Gasteiger partial charge in [-0.25, -0.2) is 17.9 Å². The maximum absolute atomic E-state index is 14.2. The molecular weight excluding hydrogens is 582 g/mol. The fourth-order valence-corrected chi connectivity index (χ4v) is 7.69. The number of para-hydroxylation sites is 1. The fraction of sp³-hybridized carbons (Fsp3) is 0.333. The number of aryl methyl sites for hydroxylation is 1. The molecule has 2 heterocycles. The van der Waals surface area contributed by atoms with Gasteiger partial charge in [0.25, 0.3) is 0 Å². The second kappa shape index (κ2) is 12.5. The third kappa shape index (κ3) is 6.95. The number of halogens is 1. The molecule has 1 fully saturated rings. The number of hydrogen-bond acceptors (Lipinski definition) is 5. The Bertz CT molecular complexity index is 1690. The second-order valence-corrected chi connectivity index (χ2v) is 14.6. The van der Waals surface area contributed by atoms with E-state index in [1.165, 1.54) is 0 Å². The summed E-state index contributed by atoms with van der Waals surface area (Å²) < 4.78 is 30.1. The average molecular weight is 620 g/mol. The Morgan fingerprint density at radius 3 is 2.28 bits per heavy atom. The van der Waals surface area contributed by atoms with E-state index in [4.69, 9.17) is 16.7 Å². The van der Waals surface area contributed by atoms with Gasteiger partial charge in [0.05, 0.1) is 21.5 Å². The smallest absolute Gasteiger partial charge is 0.317 e. The summed E-state index contributed by atoms with van der Waals surface area (Å²) in [4.78, 5) is 13.8. The van der Waals surface area contributed by atoms with Crippen LogP contribution in [0.3, 0.4) is 0 Å². The van der Waals surface area contributed by atoms with Crippen molar-refractivity contribution in [3.8, 4) is 5.69 Å². The average Bonchev–Trinajstić information content (AvgIpc) is 3.39. The SMILES string of the molecule is Cc1ccc(-n2nc(C(C)(C)C)cc2NC(=O)Nc2ccccc2C(C2CCNCC2)S(=O)(=O)c2ccc(Cl)cc2)cc1. The third-order valence-electron chi connectivity index (χ3n) is 7.80. The summed E-state index contributed by atoms with van der Waals surface area (Å²) in [6, 6.07) is 22.7. The molecular formula is C33H38ClN5O3S. The number of nitrogens with zero attached hydrogens (tertiary/aromatic N) is 2. The Morgan fingerprint density at radius 1 is 0.977 bits per heavy atom. The minimum atomic E-state index is -3.82. The van der Waals surface area contributed by atoms with Crippen molar-refractivity contribution in [3.63, 3.8) is 0 Å². The Balaban J connectivity index is 1.49. The molecule has 1 aromatic heterocycles. The van der Waals surface area contributed by atoms with Gasteiger partial charge in [0.15, 0.2) is 9.84 Å². The highest BCUT2D eigenvalue weighted by atomic mass is 35.5. The molecule has 1 atom stereocenters. The Kier molecular flexibility index (Phi) is 8.96. The molecule has 8 nitrogen and oxygen atoms in total. The van der Waals surface area contributed by atoms with Crippen molar-refractivity contribution in [3.05, 3.63) is 101 Å². The number of piperidine rings is 1. The summed E-state index contributed by atoms with van der Waals surface area (Å²) in [5, 5.41) is 13.7.